The second-order valence-corrected chi connectivity index (χ2v) is 7.06. The Balaban J connectivity index is 1.64. The van der Waals surface area contributed by atoms with Crippen molar-refractivity contribution in [2.45, 2.75) is 6.92 Å². The third kappa shape index (κ3) is 5.96. The number of aryl methyl sites for hydroxylation is 1. The molecule has 0 aliphatic rings. The van der Waals surface area contributed by atoms with Crippen molar-refractivity contribution in [3.05, 3.63) is 82.6 Å². The third-order valence-electron chi connectivity index (χ3n) is 4.35. The molecule has 0 fully saturated rings. The summed E-state index contributed by atoms with van der Waals surface area (Å²) >= 11 is 5.94. The van der Waals surface area contributed by atoms with E-state index < -0.39 is 11.7 Å². The van der Waals surface area contributed by atoms with E-state index in [-0.39, 0.29) is 12.5 Å². The molecule has 0 atom stereocenters. The fraction of sp³-hybridized carbons (Fsp3) is 0.130. The van der Waals surface area contributed by atoms with Crippen molar-refractivity contribution in [1.82, 2.24) is 0 Å². The van der Waals surface area contributed by atoms with E-state index >= 15 is 0 Å². The third-order valence-corrected chi connectivity index (χ3v) is 4.58. The normalized spacial score (nSPS) is 10.3. The summed E-state index contributed by atoms with van der Waals surface area (Å²) in [5.41, 5.74) is 2.28. The van der Waals surface area contributed by atoms with Gasteiger partial charge in [0.1, 0.15) is 5.82 Å². The van der Waals surface area contributed by atoms with E-state index in [4.69, 9.17) is 21.1 Å². The number of carbonyl (C=O) groups is 2. The first kappa shape index (κ1) is 22.1. The smallest absolute Gasteiger partial charge is 0.262 e. The zero-order chi connectivity index (χ0) is 22.4. The number of halogens is 2. The number of hydrogen-bond donors (Lipinski definition) is 2. The number of methoxy groups -OCH3 is 1. The highest BCUT2D eigenvalue weighted by Crippen LogP contribution is 2.29. The van der Waals surface area contributed by atoms with Crippen molar-refractivity contribution in [3.63, 3.8) is 0 Å². The van der Waals surface area contributed by atoms with Gasteiger partial charge in [0.25, 0.3) is 11.8 Å². The van der Waals surface area contributed by atoms with Crippen molar-refractivity contribution in [3.8, 4) is 11.5 Å². The Kier molecular flexibility index (Phi) is 7.10. The van der Waals surface area contributed by atoms with E-state index in [1.807, 2.05) is 6.92 Å². The highest BCUT2D eigenvalue weighted by molar-refractivity contribution is 6.30. The molecule has 8 heteroatoms. The molecule has 0 bridgehead atoms. The maximum Gasteiger partial charge on any atom is 0.262 e. The van der Waals surface area contributed by atoms with Gasteiger partial charge in [-0.2, -0.15) is 0 Å². The van der Waals surface area contributed by atoms with E-state index in [9.17, 15) is 14.0 Å². The van der Waals surface area contributed by atoms with Crippen LogP contribution in [0.1, 0.15) is 15.9 Å². The molecule has 0 saturated heterocycles. The lowest BCUT2D eigenvalue weighted by Gasteiger charge is -2.13. The molecule has 2 amide bonds. The summed E-state index contributed by atoms with van der Waals surface area (Å²) in [7, 11) is 1.44. The Labute approximate surface area is 183 Å². The second kappa shape index (κ2) is 9.95. The van der Waals surface area contributed by atoms with Gasteiger partial charge in [-0.25, -0.2) is 4.39 Å². The van der Waals surface area contributed by atoms with Crippen LogP contribution in [0.2, 0.25) is 5.02 Å². The number of nitrogens with one attached hydrogen (secondary N) is 2. The lowest BCUT2D eigenvalue weighted by atomic mass is 10.1. The van der Waals surface area contributed by atoms with E-state index in [0.29, 0.717) is 33.5 Å². The van der Waals surface area contributed by atoms with Crippen molar-refractivity contribution in [2.75, 3.05) is 24.4 Å². The van der Waals surface area contributed by atoms with Crippen LogP contribution in [-0.4, -0.2) is 25.5 Å². The van der Waals surface area contributed by atoms with Gasteiger partial charge in [-0.15, -0.1) is 0 Å². The molecule has 0 saturated carbocycles. The Bertz CT molecular complexity index is 1100. The Morgan fingerprint density at radius 2 is 1.71 bits per heavy atom. The van der Waals surface area contributed by atoms with Crippen LogP contribution in [0.25, 0.3) is 0 Å². The van der Waals surface area contributed by atoms with E-state index in [1.54, 1.807) is 30.3 Å². The molecular formula is C23H20ClFN2O4. The molecule has 160 valence electrons. The highest BCUT2D eigenvalue weighted by Gasteiger charge is 2.14. The van der Waals surface area contributed by atoms with Crippen LogP contribution >= 0.6 is 11.6 Å². The lowest BCUT2D eigenvalue weighted by molar-refractivity contribution is -0.118. The zero-order valence-corrected chi connectivity index (χ0v) is 17.6. The molecule has 0 aliphatic heterocycles. The first-order valence-corrected chi connectivity index (χ1v) is 9.67. The van der Waals surface area contributed by atoms with Crippen LogP contribution in [0.4, 0.5) is 15.8 Å². The average Bonchev–Trinajstić information content (AvgIpc) is 2.75. The van der Waals surface area contributed by atoms with Crippen LogP contribution < -0.4 is 20.1 Å². The van der Waals surface area contributed by atoms with Crippen LogP contribution in [0.5, 0.6) is 11.5 Å². The summed E-state index contributed by atoms with van der Waals surface area (Å²) in [5.74, 6) is -0.543. The molecule has 2 N–H and O–H groups in total. The number of hydrogen-bond acceptors (Lipinski definition) is 4. The number of carbonyl (C=O) groups excluding carboxylic acids is 2. The van der Waals surface area contributed by atoms with Gasteiger partial charge < -0.3 is 20.1 Å². The largest absolute Gasteiger partial charge is 0.493 e. The quantitative estimate of drug-likeness (QED) is 0.536. The first-order chi connectivity index (χ1) is 14.9. The minimum Gasteiger partial charge on any atom is -0.493 e. The van der Waals surface area contributed by atoms with E-state index in [0.717, 1.165) is 5.56 Å². The summed E-state index contributed by atoms with van der Waals surface area (Å²) in [6.45, 7) is 1.55. The average molecular weight is 443 g/mol. The van der Waals surface area contributed by atoms with Gasteiger partial charge in [0.2, 0.25) is 0 Å². The molecule has 0 spiro atoms. The minimum atomic E-state index is -0.423. The maximum atomic E-state index is 12.9. The Morgan fingerprint density at radius 3 is 2.39 bits per heavy atom. The molecule has 3 aromatic carbocycles. The zero-order valence-electron chi connectivity index (χ0n) is 16.9. The van der Waals surface area contributed by atoms with Gasteiger partial charge in [-0.3, -0.25) is 9.59 Å². The highest BCUT2D eigenvalue weighted by atomic mass is 35.5. The lowest BCUT2D eigenvalue weighted by Crippen LogP contribution is -2.20. The fourth-order valence-corrected chi connectivity index (χ4v) is 2.99. The molecule has 6 nitrogen and oxygen atoms in total. The maximum absolute atomic E-state index is 12.9. The van der Waals surface area contributed by atoms with Gasteiger partial charge in [0, 0.05) is 22.0 Å². The SMILES string of the molecule is COc1cc(C(=O)Nc2ccc(Cl)cc2C)ccc1OCC(=O)Nc1ccc(F)cc1. The molecule has 31 heavy (non-hydrogen) atoms. The summed E-state index contributed by atoms with van der Waals surface area (Å²) in [4.78, 5) is 24.7. The van der Waals surface area contributed by atoms with E-state index in [2.05, 4.69) is 10.6 Å². The van der Waals surface area contributed by atoms with Gasteiger partial charge in [-0.05, 0) is 73.2 Å². The summed E-state index contributed by atoms with van der Waals surface area (Å²) < 4.78 is 23.7. The molecular weight excluding hydrogens is 423 g/mol. The molecule has 0 unspecified atom stereocenters. The predicted octanol–water partition coefficient (Wildman–Crippen LogP) is 5.07. The number of benzene rings is 3. The molecule has 3 aromatic rings. The fourth-order valence-electron chi connectivity index (χ4n) is 2.76. The molecule has 0 aromatic heterocycles. The van der Waals surface area contributed by atoms with Crippen molar-refractivity contribution >= 4 is 34.8 Å². The number of ether oxygens (including phenoxy) is 2. The Hall–Kier alpha value is -3.58. The number of anilines is 2. The predicted molar refractivity (Wildman–Crippen MR) is 118 cm³/mol. The van der Waals surface area contributed by atoms with Gasteiger partial charge in [0.15, 0.2) is 18.1 Å². The summed E-state index contributed by atoms with van der Waals surface area (Å²) in [5, 5.41) is 6.00. The van der Waals surface area contributed by atoms with Gasteiger partial charge in [-0.1, -0.05) is 11.6 Å². The number of rotatable bonds is 7. The van der Waals surface area contributed by atoms with E-state index in [1.165, 1.54) is 37.4 Å². The minimum absolute atomic E-state index is 0.288. The van der Waals surface area contributed by atoms with Crippen molar-refractivity contribution < 1.29 is 23.5 Å². The standard InChI is InChI=1S/C23H20ClFN2O4/c1-14-11-16(24)4-9-19(14)27-23(29)15-3-10-20(21(12-15)30-2)31-13-22(28)26-18-7-5-17(25)6-8-18/h3-12H,13H2,1-2H3,(H,26,28)(H,27,29). The first-order valence-electron chi connectivity index (χ1n) is 9.29. The summed E-state index contributed by atoms with van der Waals surface area (Å²) in [6.07, 6.45) is 0. The molecule has 0 aliphatic carbocycles. The second-order valence-electron chi connectivity index (χ2n) is 6.62. The number of amides is 2. The van der Waals surface area contributed by atoms with Gasteiger partial charge in [0.05, 0.1) is 7.11 Å². The monoisotopic (exact) mass is 442 g/mol. The summed E-state index contributed by atoms with van der Waals surface area (Å²) in [6, 6.07) is 15.2. The van der Waals surface area contributed by atoms with Crippen molar-refractivity contribution in [2.24, 2.45) is 0 Å². The topological polar surface area (TPSA) is 76.7 Å². The molecule has 0 heterocycles. The van der Waals surface area contributed by atoms with Crippen molar-refractivity contribution in [1.29, 1.82) is 0 Å². The van der Waals surface area contributed by atoms with Gasteiger partial charge >= 0.3 is 0 Å². The Morgan fingerprint density at radius 1 is 0.968 bits per heavy atom. The van der Waals surface area contributed by atoms with Crippen LogP contribution in [0.15, 0.2) is 60.7 Å². The van der Waals surface area contributed by atoms with Crippen LogP contribution in [0.3, 0.4) is 0 Å². The van der Waals surface area contributed by atoms with Crippen LogP contribution in [-0.2, 0) is 4.79 Å². The molecule has 0 radical (unpaired) electrons. The molecule has 3 rings (SSSR count). The van der Waals surface area contributed by atoms with Crippen LogP contribution in [0, 0.1) is 12.7 Å².